The summed E-state index contributed by atoms with van der Waals surface area (Å²) in [6.07, 6.45) is 3.78. The molecule has 6 heteroatoms. The van der Waals surface area contributed by atoms with Crippen LogP contribution in [0.4, 0.5) is 0 Å². The molecule has 1 aliphatic carbocycles. The van der Waals surface area contributed by atoms with Gasteiger partial charge < -0.3 is 4.90 Å². The molecule has 0 fully saturated rings. The Morgan fingerprint density at radius 1 is 1.08 bits per heavy atom. The molecule has 2 aromatic carbocycles. The van der Waals surface area contributed by atoms with Crippen molar-refractivity contribution in [3.63, 3.8) is 0 Å². The minimum absolute atomic E-state index is 0.298. The van der Waals surface area contributed by atoms with E-state index in [2.05, 4.69) is 4.72 Å². The maximum atomic E-state index is 13.0. The van der Waals surface area contributed by atoms with Crippen LogP contribution in [0.15, 0.2) is 47.4 Å². The van der Waals surface area contributed by atoms with E-state index in [1.165, 1.54) is 5.56 Å². The molecular formula is C20H25ClN2O2S. The molecule has 0 saturated carbocycles. The molecule has 2 aromatic rings. The lowest BCUT2D eigenvalue weighted by Gasteiger charge is -2.21. The van der Waals surface area contributed by atoms with E-state index in [-0.39, 0.29) is 6.04 Å². The number of fused-ring (bicyclic) bond motifs is 1. The standard InChI is InChI=1S/C20H25ClN2O2S/c1-23(2)13-12-20(16-6-9-18(21)10-7-16)22-26(24,25)19-11-8-15-4-3-5-17(15)14-19/h6-11,14,20,22H,3-5,12-13H2,1-2H3. The number of sulfonamides is 1. The fraction of sp³-hybridized carbons (Fsp3) is 0.400. The van der Waals surface area contributed by atoms with Crippen LogP contribution in [0.25, 0.3) is 0 Å². The molecule has 140 valence electrons. The highest BCUT2D eigenvalue weighted by molar-refractivity contribution is 7.89. The zero-order valence-corrected chi connectivity index (χ0v) is 16.8. The van der Waals surface area contributed by atoms with Gasteiger partial charge in [-0.2, -0.15) is 0 Å². The van der Waals surface area contributed by atoms with Crippen molar-refractivity contribution in [1.82, 2.24) is 9.62 Å². The van der Waals surface area contributed by atoms with Gasteiger partial charge in [-0.05, 0) is 87.3 Å². The minimum atomic E-state index is -3.59. The van der Waals surface area contributed by atoms with Crippen LogP contribution in [0.1, 0.15) is 35.6 Å². The third-order valence-electron chi connectivity index (χ3n) is 4.82. The smallest absolute Gasteiger partial charge is 0.241 e. The molecule has 0 bridgehead atoms. The van der Waals surface area contributed by atoms with Gasteiger partial charge in [0.1, 0.15) is 0 Å². The molecule has 1 unspecified atom stereocenters. The molecule has 26 heavy (non-hydrogen) atoms. The van der Waals surface area contributed by atoms with E-state index < -0.39 is 10.0 Å². The third-order valence-corrected chi connectivity index (χ3v) is 6.54. The lowest BCUT2D eigenvalue weighted by Crippen LogP contribution is -2.31. The van der Waals surface area contributed by atoms with Crippen molar-refractivity contribution in [1.29, 1.82) is 0 Å². The van der Waals surface area contributed by atoms with Crippen LogP contribution in [-0.4, -0.2) is 34.0 Å². The number of benzene rings is 2. The Kier molecular flexibility index (Phi) is 6.03. The number of nitrogens with zero attached hydrogens (tertiary/aromatic N) is 1. The van der Waals surface area contributed by atoms with Gasteiger partial charge in [0.15, 0.2) is 0 Å². The second-order valence-electron chi connectivity index (χ2n) is 7.10. The summed E-state index contributed by atoms with van der Waals surface area (Å²) >= 11 is 5.98. The lowest BCUT2D eigenvalue weighted by molar-refractivity contribution is 0.375. The van der Waals surface area contributed by atoms with Gasteiger partial charge in [0, 0.05) is 11.1 Å². The number of hydrogen-bond donors (Lipinski definition) is 1. The molecule has 1 aliphatic rings. The highest BCUT2D eigenvalue weighted by Crippen LogP contribution is 2.27. The second kappa shape index (κ2) is 8.09. The highest BCUT2D eigenvalue weighted by Gasteiger charge is 2.23. The predicted octanol–water partition coefficient (Wildman–Crippen LogP) is 3.80. The minimum Gasteiger partial charge on any atom is -0.309 e. The van der Waals surface area contributed by atoms with E-state index >= 15 is 0 Å². The van der Waals surface area contributed by atoms with E-state index in [1.807, 2.05) is 43.3 Å². The number of rotatable bonds is 7. The van der Waals surface area contributed by atoms with E-state index in [4.69, 9.17) is 11.6 Å². The van der Waals surface area contributed by atoms with Gasteiger partial charge in [0.2, 0.25) is 10.0 Å². The van der Waals surface area contributed by atoms with Crippen LogP contribution in [0.2, 0.25) is 5.02 Å². The Labute approximate surface area is 161 Å². The van der Waals surface area contributed by atoms with E-state index in [0.29, 0.717) is 16.3 Å². The summed E-state index contributed by atoms with van der Waals surface area (Å²) in [7, 11) is 0.371. The molecule has 4 nitrogen and oxygen atoms in total. The van der Waals surface area contributed by atoms with Crippen LogP contribution in [-0.2, 0) is 22.9 Å². The first-order valence-corrected chi connectivity index (χ1v) is 10.8. The summed E-state index contributed by atoms with van der Waals surface area (Å²) in [5, 5.41) is 0.640. The van der Waals surface area contributed by atoms with E-state index in [9.17, 15) is 8.42 Å². The van der Waals surface area contributed by atoms with Crippen molar-refractivity contribution in [3.05, 3.63) is 64.2 Å². The van der Waals surface area contributed by atoms with Crippen molar-refractivity contribution < 1.29 is 8.42 Å². The quantitative estimate of drug-likeness (QED) is 0.779. The number of nitrogens with one attached hydrogen (secondary N) is 1. The Morgan fingerprint density at radius 3 is 2.46 bits per heavy atom. The van der Waals surface area contributed by atoms with Crippen molar-refractivity contribution in [2.24, 2.45) is 0 Å². The number of halogens is 1. The summed E-state index contributed by atoms with van der Waals surface area (Å²) in [4.78, 5) is 2.40. The van der Waals surface area contributed by atoms with Gasteiger partial charge in [-0.15, -0.1) is 0 Å². The maximum absolute atomic E-state index is 13.0. The molecule has 0 heterocycles. The Morgan fingerprint density at radius 2 is 1.77 bits per heavy atom. The first kappa shape index (κ1) is 19.4. The molecule has 1 atom stereocenters. The van der Waals surface area contributed by atoms with Crippen molar-refractivity contribution >= 4 is 21.6 Å². The molecule has 0 radical (unpaired) electrons. The second-order valence-corrected chi connectivity index (χ2v) is 9.25. The van der Waals surface area contributed by atoms with Crippen LogP contribution >= 0.6 is 11.6 Å². The lowest BCUT2D eigenvalue weighted by atomic mass is 10.0. The van der Waals surface area contributed by atoms with Gasteiger partial charge in [-0.3, -0.25) is 0 Å². The summed E-state index contributed by atoms with van der Waals surface area (Å²) in [6, 6.07) is 12.6. The number of hydrogen-bond acceptors (Lipinski definition) is 3. The van der Waals surface area contributed by atoms with Gasteiger partial charge in [-0.25, -0.2) is 13.1 Å². The Balaban J connectivity index is 1.85. The van der Waals surface area contributed by atoms with Gasteiger partial charge >= 0.3 is 0 Å². The van der Waals surface area contributed by atoms with E-state index in [0.717, 1.165) is 36.9 Å². The summed E-state index contributed by atoms with van der Waals surface area (Å²) in [5.41, 5.74) is 3.34. The van der Waals surface area contributed by atoms with E-state index in [1.54, 1.807) is 18.2 Å². The molecule has 0 amide bonds. The average Bonchev–Trinajstić information content (AvgIpc) is 3.07. The Bertz CT molecular complexity index is 864. The zero-order valence-electron chi connectivity index (χ0n) is 15.2. The SMILES string of the molecule is CN(C)CCC(NS(=O)(=O)c1ccc2c(c1)CCC2)c1ccc(Cl)cc1. The number of aryl methyl sites for hydroxylation is 2. The monoisotopic (exact) mass is 392 g/mol. The zero-order chi connectivity index (χ0) is 18.7. The molecule has 0 aliphatic heterocycles. The molecule has 1 N–H and O–H groups in total. The molecular weight excluding hydrogens is 368 g/mol. The first-order chi connectivity index (χ1) is 12.3. The van der Waals surface area contributed by atoms with Gasteiger partial charge in [-0.1, -0.05) is 29.8 Å². The fourth-order valence-corrected chi connectivity index (χ4v) is 4.78. The van der Waals surface area contributed by atoms with Crippen molar-refractivity contribution in [3.8, 4) is 0 Å². The van der Waals surface area contributed by atoms with Crippen LogP contribution in [0, 0.1) is 0 Å². The maximum Gasteiger partial charge on any atom is 0.241 e. The highest BCUT2D eigenvalue weighted by atomic mass is 35.5. The molecule has 0 aromatic heterocycles. The molecule has 0 spiro atoms. The first-order valence-electron chi connectivity index (χ1n) is 8.89. The fourth-order valence-electron chi connectivity index (χ4n) is 3.35. The summed E-state index contributed by atoms with van der Waals surface area (Å²) in [6.45, 7) is 0.778. The normalized spacial score (nSPS) is 15.2. The van der Waals surface area contributed by atoms with Crippen molar-refractivity contribution in [2.75, 3.05) is 20.6 Å². The largest absolute Gasteiger partial charge is 0.309 e. The van der Waals surface area contributed by atoms with Crippen LogP contribution < -0.4 is 4.72 Å². The molecule has 0 saturated heterocycles. The summed E-state index contributed by atoms with van der Waals surface area (Å²) < 4.78 is 28.8. The van der Waals surface area contributed by atoms with Crippen LogP contribution in [0.3, 0.4) is 0 Å². The Hall–Kier alpha value is -1.40. The topological polar surface area (TPSA) is 49.4 Å². The van der Waals surface area contributed by atoms with Crippen LogP contribution in [0.5, 0.6) is 0 Å². The summed E-state index contributed by atoms with van der Waals surface area (Å²) in [5.74, 6) is 0. The average molecular weight is 393 g/mol. The molecule has 3 rings (SSSR count). The van der Waals surface area contributed by atoms with Crippen molar-refractivity contribution in [2.45, 2.75) is 36.6 Å². The van der Waals surface area contributed by atoms with Gasteiger partial charge in [0.25, 0.3) is 0 Å². The van der Waals surface area contributed by atoms with Gasteiger partial charge in [0.05, 0.1) is 4.90 Å². The predicted molar refractivity (Wildman–Crippen MR) is 106 cm³/mol. The third kappa shape index (κ3) is 4.65.